The molecule has 0 radical (unpaired) electrons. The van der Waals surface area contributed by atoms with Crippen molar-refractivity contribution in [3.05, 3.63) is 52.5 Å². The van der Waals surface area contributed by atoms with Crippen LogP contribution in [-0.2, 0) is 15.1 Å². The van der Waals surface area contributed by atoms with E-state index in [1.165, 1.54) is 0 Å². The van der Waals surface area contributed by atoms with E-state index in [1.807, 2.05) is 6.07 Å². The lowest BCUT2D eigenvalue weighted by atomic mass is 9.79. The number of hydrogen-bond donors (Lipinski definition) is 1. The molecule has 0 bridgehead atoms. The Labute approximate surface area is 241 Å². The molecule has 2 aliphatic carbocycles. The zero-order valence-electron chi connectivity index (χ0n) is 23.1. The van der Waals surface area contributed by atoms with E-state index in [0.29, 0.717) is 47.5 Å². The zero-order chi connectivity index (χ0) is 28.4. The van der Waals surface area contributed by atoms with Crippen molar-refractivity contribution in [3.63, 3.8) is 0 Å². The molecule has 1 spiro atoms. The summed E-state index contributed by atoms with van der Waals surface area (Å²) in [5.74, 6) is 1.07. The number of H-pyrrole nitrogens is 1. The van der Waals surface area contributed by atoms with Crippen molar-refractivity contribution in [2.45, 2.75) is 57.1 Å². The molecule has 1 saturated heterocycles. The molecule has 2 saturated carbocycles. The SMILES string of the molecule is C=CC1CCC2(CC1)CC2n1c(C2(OC)CCOCC2C)nc2nc(-c3noc(=O)[nH]3)nc(-c3cncc(Cl)c3)c21. The third-order valence-electron chi connectivity index (χ3n) is 9.52. The lowest BCUT2D eigenvalue weighted by Gasteiger charge is -2.41. The number of nitrogens with zero attached hydrogens (tertiary/aromatic N) is 6. The van der Waals surface area contributed by atoms with Crippen molar-refractivity contribution >= 4 is 22.8 Å². The molecule has 5 heterocycles. The maximum Gasteiger partial charge on any atom is 0.439 e. The monoisotopic (exact) mass is 577 g/mol. The number of hydrogen-bond acceptors (Lipinski definition) is 9. The van der Waals surface area contributed by atoms with Gasteiger partial charge in [-0.05, 0) is 49.5 Å². The van der Waals surface area contributed by atoms with Crippen molar-refractivity contribution in [2.75, 3.05) is 20.3 Å². The Balaban J connectivity index is 1.50. The highest BCUT2D eigenvalue weighted by molar-refractivity contribution is 6.30. The lowest BCUT2D eigenvalue weighted by Crippen LogP contribution is -2.45. The van der Waals surface area contributed by atoms with E-state index >= 15 is 0 Å². The molecule has 3 fully saturated rings. The maximum absolute atomic E-state index is 11.8. The van der Waals surface area contributed by atoms with Crippen LogP contribution in [-0.4, -0.2) is 55.0 Å². The second-order valence-corrected chi connectivity index (χ2v) is 12.1. The number of nitrogens with one attached hydrogen (secondary N) is 1. The Morgan fingerprint density at radius 1 is 1.22 bits per heavy atom. The van der Waals surface area contributed by atoms with Crippen LogP contribution in [0.1, 0.15) is 57.3 Å². The summed E-state index contributed by atoms with van der Waals surface area (Å²) < 4.78 is 19.3. The zero-order valence-corrected chi connectivity index (χ0v) is 23.9. The van der Waals surface area contributed by atoms with Gasteiger partial charge >= 0.3 is 5.76 Å². The predicted molar refractivity (Wildman–Crippen MR) is 151 cm³/mol. The van der Waals surface area contributed by atoms with Crippen LogP contribution < -0.4 is 5.76 Å². The van der Waals surface area contributed by atoms with Crippen LogP contribution in [0.4, 0.5) is 0 Å². The molecular weight excluding hydrogens is 546 g/mol. The molecule has 11 nitrogen and oxygen atoms in total. The number of fused-ring (bicyclic) bond motifs is 1. The fourth-order valence-corrected chi connectivity index (χ4v) is 7.22. The first-order valence-electron chi connectivity index (χ1n) is 14.1. The Hall–Kier alpha value is -3.41. The molecule has 3 unspecified atom stereocenters. The number of imidazole rings is 1. The number of aromatic nitrogens is 7. The Kier molecular flexibility index (Phi) is 6.36. The van der Waals surface area contributed by atoms with Gasteiger partial charge in [0.1, 0.15) is 22.6 Å². The molecule has 3 atom stereocenters. The summed E-state index contributed by atoms with van der Waals surface area (Å²) in [6.07, 6.45) is 11.6. The van der Waals surface area contributed by atoms with E-state index in [0.717, 1.165) is 43.4 Å². The highest BCUT2D eigenvalue weighted by atomic mass is 35.5. The first kappa shape index (κ1) is 26.5. The van der Waals surface area contributed by atoms with Gasteiger partial charge in [-0.15, -0.1) is 6.58 Å². The number of methoxy groups -OCH3 is 1. The first-order valence-corrected chi connectivity index (χ1v) is 14.5. The van der Waals surface area contributed by atoms with E-state index in [1.54, 1.807) is 19.5 Å². The van der Waals surface area contributed by atoms with Gasteiger partial charge < -0.3 is 14.0 Å². The summed E-state index contributed by atoms with van der Waals surface area (Å²) in [6, 6.07) is 2.03. The van der Waals surface area contributed by atoms with Crippen molar-refractivity contribution < 1.29 is 14.0 Å². The van der Waals surface area contributed by atoms with Gasteiger partial charge in [0.2, 0.25) is 11.6 Å². The second-order valence-electron chi connectivity index (χ2n) is 11.7. The molecule has 4 aromatic rings. The van der Waals surface area contributed by atoms with E-state index in [9.17, 15) is 4.79 Å². The normalized spacial score (nSPS) is 29.7. The first-order chi connectivity index (χ1) is 19.9. The molecule has 214 valence electrons. The molecule has 41 heavy (non-hydrogen) atoms. The molecule has 4 aromatic heterocycles. The summed E-state index contributed by atoms with van der Waals surface area (Å²) >= 11 is 6.41. The van der Waals surface area contributed by atoms with E-state index in [2.05, 4.69) is 39.3 Å². The Morgan fingerprint density at radius 3 is 2.73 bits per heavy atom. The van der Waals surface area contributed by atoms with Crippen LogP contribution in [0.2, 0.25) is 5.02 Å². The van der Waals surface area contributed by atoms with Crippen LogP contribution >= 0.6 is 11.6 Å². The summed E-state index contributed by atoms with van der Waals surface area (Å²) in [4.78, 5) is 33.6. The average molecular weight is 578 g/mol. The molecule has 1 N–H and O–H groups in total. The third kappa shape index (κ3) is 4.24. The molecule has 12 heteroatoms. The van der Waals surface area contributed by atoms with Gasteiger partial charge in [0.05, 0.1) is 11.6 Å². The standard InChI is InChI=1S/C29H32ClN7O4/c1-4-17-5-7-28(8-6-17)12-20(28)37-22-21(18-11-19(30)14-31-13-18)32-24(25-35-27(38)41-36-25)33-23(22)34-26(37)29(39-3)9-10-40-15-16(29)2/h4,11,13-14,16-17,20H,1,5-10,12,15H2,2-3H3,(H,35,36,38). The van der Waals surface area contributed by atoms with Crippen molar-refractivity contribution in [1.29, 1.82) is 0 Å². The van der Waals surface area contributed by atoms with E-state index < -0.39 is 11.4 Å². The van der Waals surface area contributed by atoms with Gasteiger partial charge in [-0.3, -0.25) is 14.5 Å². The number of allylic oxidation sites excluding steroid dienone is 1. The van der Waals surface area contributed by atoms with Gasteiger partial charge in [-0.2, -0.15) is 0 Å². The minimum Gasteiger partial charge on any atom is -0.381 e. The largest absolute Gasteiger partial charge is 0.439 e. The highest BCUT2D eigenvalue weighted by Gasteiger charge is 2.59. The molecule has 7 rings (SSSR count). The molecule has 0 aromatic carbocycles. The van der Waals surface area contributed by atoms with Gasteiger partial charge in [0.25, 0.3) is 0 Å². The van der Waals surface area contributed by atoms with E-state index in [-0.39, 0.29) is 29.0 Å². The van der Waals surface area contributed by atoms with Gasteiger partial charge in [-0.1, -0.05) is 29.8 Å². The van der Waals surface area contributed by atoms with Gasteiger partial charge in [0.15, 0.2) is 5.65 Å². The van der Waals surface area contributed by atoms with Crippen LogP contribution in [0.3, 0.4) is 0 Å². The Bertz CT molecular complexity index is 1690. The fourth-order valence-electron chi connectivity index (χ4n) is 7.05. The van der Waals surface area contributed by atoms with Crippen LogP contribution in [0.25, 0.3) is 34.1 Å². The molecule has 1 aliphatic heterocycles. The predicted octanol–water partition coefficient (Wildman–Crippen LogP) is 5.09. The summed E-state index contributed by atoms with van der Waals surface area (Å²) in [5, 5.41) is 4.32. The van der Waals surface area contributed by atoms with Crippen molar-refractivity contribution in [3.8, 4) is 22.9 Å². The number of pyridine rings is 1. The number of aromatic amines is 1. The topological polar surface area (TPSA) is 134 Å². The minimum absolute atomic E-state index is 0.0543. The smallest absolute Gasteiger partial charge is 0.381 e. The maximum atomic E-state index is 11.8. The highest BCUT2D eigenvalue weighted by Crippen LogP contribution is 2.66. The molecular formula is C29H32ClN7O4. The summed E-state index contributed by atoms with van der Waals surface area (Å²) in [5.41, 5.74) is 2.09. The van der Waals surface area contributed by atoms with Crippen LogP contribution in [0, 0.1) is 17.3 Å². The quantitative estimate of drug-likeness (QED) is 0.311. The minimum atomic E-state index is -0.690. The van der Waals surface area contributed by atoms with Gasteiger partial charge in [-0.25, -0.2) is 19.7 Å². The van der Waals surface area contributed by atoms with Crippen molar-refractivity contribution in [1.82, 2.24) is 34.6 Å². The Morgan fingerprint density at radius 2 is 2.05 bits per heavy atom. The van der Waals surface area contributed by atoms with Gasteiger partial charge in [0, 0.05) is 50.1 Å². The molecule has 0 amide bonds. The fraction of sp³-hybridized carbons (Fsp3) is 0.517. The summed E-state index contributed by atoms with van der Waals surface area (Å²) in [7, 11) is 1.75. The second kappa shape index (κ2) is 9.85. The number of rotatable bonds is 6. The average Bonchev–Trinajstić information content (AvgIpc) is 3.28. The van der Waals surface area contributed by atoms with Crippen molar-refractivity contribution in [2.24, 2.45) is 17.3 Å². The van der Waals surface area contributed by atoms with Crippen LogP contribution in [0.15, 0.2) is 40.4 Å². The summed E-state index contributed by atoms with van der Waals surface area (Å²) in [6.45, 7) is 7.32. The van der Waals surface area contributed by atoms with Crippen LogP contribution in [0.5, 0.6) is 0 Å². The number of halogens is 1. The lowest BCUT2D eigenvalue weighted by molar-refractivity contribution is -0.141. The number of ether oxygens (including phenoxy) is 2. The third-order valence-corrected chi connectivity index (χ3v) is 9.73. The van der Waals surface area contributed by atoms with E-state index in [4.69, 9.17) is 40.5 Å². The molecule has 3 aliphatic rings.